The number of amides is 6. The maximum Gasteiger partial charge on any atom is 0.416 e. The molecular weight excluding hydrogens is 955 g/mol. The van der Waals surface area contributed by atoms with Crippen molar-refractivity contribution in [2.75, 3.05) is 75.2 Å². The molecule has 73 heavy (non-hydrogen) atoms. The number of carbonyl (C=O) groups is 4. The van der Waals surface area contributed by atoms with Gasteiger partial charge in [-0.25, -0.2) is 9.59 Å². The third-order valence-corrected chi connectivity index (χ3v) is 13.8. The summed E-state index contributed by atoms with van der Waals surface area (Å²) in [5.74, 6) is -0.711. The van der Waals surface area contributed by atoms with Crippen LogP contribution >= 0.6 is 0 Å². The molecule has 0 saturated carbocycles. The second-order valence-corrected chi connectivity index (χ2v) is 18.3. The van der Waals surface area contributed by atoms with E-state index in [0.717, 1.165) is 66.4 Å². The number of unbranched alkanes of at least 4 members (excludes halogenated alkanes) is 2. The molecule has 2 atom stereocenters. The standard InChI is InChI=1S/C53H52F6N10O4/c1-34-44(46(38-16-12-36(32-60)13-17-38)62-50(72)68(34)42-10-6-8-40(30-42)52(54,55)56)48(70)66-26-22-64(23-27-66)20-4-3-5-21-65-24-28-67(29-25-65)49(71)45-35(2)69(43-11-7-9-41(31-43)53(57,58)59)51(73)63-47(45)39-18-14-37(33-61)15-19-39/h6-19,30-31,46-47H,3-5,20-29H2,1-2H3,(H,62,72)(H,63,73)/t46-,47-/m1/s1. The Hall–Kier alpha value is -7.68. The molecule has 2 fully saturated rings. The van der Waals surface area contributed by atoms with Crippen molar-refractivity contribution in [2.24, 2.45) is 0 Å². The molecule has 4 aliphatic heterocycles. The number of hydrogen-bond donors (Lipinski definition) is 2. The van der Waals surface area contributed by atoms with Crippen LogP contribution in [-0.4, -0.2) is 109 Å². The molecule has 0 unspecified atom stereocenters. The number of nitriles is 2. The van der Waals surface area contributed by atoms with Gasteiger partial charge in [-0.1, -0.05) is 42.8 Å². The zero-order valence-electron chi connectivity index (χ0n) is 40.1. The lowest BCUT2D eigenvalue weighted by Gasteiger charge is -2.40. The molecule has 0 spiro atoms. The minimum absolute atomic E-state index is 0.0419. The normalized spacial score (nSPS) is 19.4. The van der Waals surface area contributed by atoms with E-state index >= 15 is 0 Å². The van der Waals surface area contributed by atoms with Crippen LogP contribution in [0, 0.1) is 22.7 Å². The largest absolute Gasteiger partial charge is 0.416 e. The zero-order chi connectivity index (χ0) is 52.2. The maximum absolute atomic E-state index is 14.5. The van der Waals surface area contributed by atoms with E-state index in [4.69, 9.17) is 0 Å². The van der Waals surface area contributed by atoms with Gasteiger partial charge in [0.25, 0.3) is 11.8 Å². The van der Waals surface area contributed by atoms with Gasteiger partial charge in [0.15, 0.2) is 0 Å². The van der Waals surface area contributed by atoms with Crippen molar-refractivity contribution in [3.05, 3.63) is 153 Å². The van der Waals surface area contributed by atoms with Crippen LogP contribution in [0.25, 0.3) is 0 Å². The summed E-state index contributed by atoms with van der Waals surface area (Å²) in [5, 5.41) is 24.4. The first-order chi connectivity index (χ1) is 34.9. The van der Waals surface area contributed by atoms with Crippen LogP contribution < -0.4 is 20.4 Å². The Labute approximate surface area is 418 Å². The number of urea groups is 2. The number of nitrogens with zero attached hydrogens (tertiary/aromatic N) is 8. The highest BCUT2D eigenvalue weighted by atomic mass is 19.4. The molecule has 380 valence electrons. The fraction of sp³-hybridized carbons (Fsp3) is 0.358. The number of piperazine rings is 2. The van der Waals surface area contributed by atoms with Crippen LogP contribution in [0.1, 0.15) is 78.6 Å². The Bertz CT molecular complexity index is 2700. The predicted molar refractivity (Wildman–Crippen MR) is 258 cm³/mol. The Morgan fingerprint density at radius 2 is 0.904 bits per heavy atom. The van der Waals surface area contributed by atoms with Crippen LogP contribution in [0.4, 0.5) is 47.3 Å². The SMILES string of the molecule is CC1=C(C(=O)N2CCN(CCCCCN3CCN(C(=O)C4=C(C)N(c5cccc(C(F)(F)F)c5)C(=O)N[C@@H]4c4ccc(C#N)cc4)CC3)CC2)[C@@H](c2ccc(C#N)cc2)NC(=O)N1c1cccc(C(F)(F)F)c1. The topological polar surface area (TPSA) is 159 Å². The molecule has 0 aromatic heterocycles. The second kappa shape index (κ2) is 21.6. The number of alkyl halides is 6. The summed E-state index contributed by atoms with van der Waals surface area (Å²) in [6, 6.07) is 22.5. The lowest BCUT2D eigenvalue weighted by Crippen LogP contribution is -2.53. The van der Waals surface area contributed by atoms with E-state index in [1.165, 1.54) is 24.3 Å². The number of halogens is 6. The van der Waals surface area contributed by atoms with Crippen molar-refractivity contribution in [3.8, 4) is 12.1 Å². The third kappa shape index (κ3) is 11.4. The van der Waals surface area contributed by atoms with Gasteiger partial charge in [0, 0.05) is 63.8 Å². The van der Waals surface area contributed by atoms with Crippen molar-refractivity contribution in [2.45, 2.75) is 57.5 Å². The van der Waals surface area contributed by atoms with Gasteiger partial charge in [-0.05, 0) is 112 Å². The highest BCUT2D eigenvalue weighted by molar-refractivity contribution is 6.06. The van der Waals surface area contributed by atoms with Crippen molar-refractivity contribution in [1.82, 2.24) is 30.2 Å². The van der Waals surface area contributed by atoms with Crippen molar-refractivity contribution >= 4 is 35.3 Å². The van der Waals surface area contributed by atoms with Gasteiger partial charge in [-0.15, -0.1) is 0 Å². The molecule has 2 saturated heterocycles. The van der Waals surface area contributed by atoms with Crippen LogP contribution in [-0.2, 0) is 21.9 Å². The van der Waals surface area contributed by atoms with Gasteiger partial charge in [-0.3, -0.25) is 29.2 Å². The first kappa shape index (κ1) is 51.7. The average Bonchev–Trinajstić information content (AvgIpc) is 3.38. The van der Waals surface area contributed by atoms with Crippen LogP contribution in [0.5, 0.6) is 0 Å². The summed E-state index contributed by atoms with van der Waals surface area (Å²) < 4.78 is 82.3. The minimum atomic E-state index is -4.65. The van der Waals surface area contributed by atoms with E-state index in [9.17, 15) is 56.0 Å². The summed E-state index contributed by atoms with van der Waals surface area (Å²) in [5.41, 5.74) is 0.689. The monoisotopic (exact) mass is 1010 g/mol. The lowest BCUT2D eigenvalue weighted by atomic mass is 9.92. The number of hydrogen-bond acceptors (Lipinski definition) is 8. The third-order valence-electron chi connectivity index (χ3n) is 13.8. The number of nitrogens with one attached hydrogen (secondary N) is 2. The highest BCUT2D eigenvalue weighted by Gasteiger charge is 2.42. The summed E-state index contributed by atoms with van der Waals surface area (Å²) in [6.45, 7) is 8.57. The predicted octanol–water partition coefficient (Wildman–Crippen LogP) is 8.72. The molecule has 0 radical (unpaired) electrons. The lowest BCUT2D eigenvalue weighted by molar-refractivity contribution is -0.138. The molecule has 2 N–H and O–H groups in total. The maximum atomic E-state index is 14.5. The number of carbonyl (C=O) groups excluding carboxylic acids is 4. The van der Waals surface area contributed by atoms with E-state index in [0.29, 0.717) is 74.6 Å². The van der Waals surface area contributed by atoms with E-state index in [-0.39, 0.29) is 45.7 Å². The quantitative estimate of drug-likeness (QED) is 0.105. The van der Waals surface area contributed by atoms with E-state index < -0.39 is 47.6 Å². The summed E-state index contributed by atoms with van der Waals surface area (Å²) in [4.78, 5) is 66.2. The molecule has 4 aromatic rings. The average molecular weight is 1010 g/mol. The van der Waals surface area contributed by atoms with E-state index in [2.05, 4.69) is 20.4 Å². The van der Waals surface area contributed by atoms with Crippen LogP contribution in [0.3, 0.4) is 0 Å². The number of benzene rings is 4. The van der Waals surface area contributed by atoms with Crippen molar-refractivity contribution < 1.29 is 45.5 Å². The molecule has 0 aliphatic carbocycles. The smallest absolute Gasteiger partial charge is 0.336 e. The van der Waals surface area contributed by atoms with Gasteiger partial charge in [0.2, 0.25) is 0 Å². The summed E-state index contributed by atoms with van der Waals surface area (Å²) in [7, 11) is 0. The fourth-order valence-corrected chi connectivity index (χ4v) is 9.84. The number of rotatable bonds is 12. The van der Waals surface area contributed by atoms with Gasteiger partial charge >= 0.3 is 24.4 Å². The Kier molecular flexibility index (Phi) is 15.3. The first-order valence-electron chi connectivity index (χ1n) is 23.9. The van der Waals surface area contributed by atoms with Crippen molar-refractivity contribution in [3.63, 3.8) is 0 Å². The molecule has 8 rings (SSSR count). The van der Waals surface area contributed by atoms with Crippen LogP contribution in [0.2, 0.25) is 0 Å². The second-order valence-electron chi connectivity index (χ2n) is 18.3. The molecule has 4 aromatic carbocycles. The zero-order valence-corrected chi connectivity index (χ0v) is 40.1. The van der Waals surface area contributed by atoms with Gasteiger partial charge < -0.3 is 20.4 Å². The molecule has 20 heteroatoms. The van der Waals surface area contributed by atoms with Gasteiger partial charge in [-0.2, -0.15) is 36.9 Å². The number of anilines is 2. The summed E-state index contributed by atoms with van der Waals surface area (Å²) in [6.07, 6.45) is -6.59. The minimum Gasteiger partial charge on any atom is -0.336 e. The van der Waals surface area contributed by atoms with E-state index in [1.54, 1.807) is 72.2 Å². The Morgan fingerprint density at radius 3 is 1.23 bits per heavy atom. The number of allylic oxidation sites excluding steroid dienone is 2. The molecule has 4 heterocycles. The fourth-order valence-electron chi connectivity index (χ4n) is 9.84. The van der Waals surface area contributed by atoms with Crippen molar-refractivity contribution in [1.29, 1.82) is 10.5 Å². The molecule has 0 bridgehead atoms. The molecular formula is C53H52F6N10O4. The highest BCUT2D eigenvalue weighted by Crippen LogP contribution is 2.40. The van der Waals surface area contributed by atoms with Gasteiger partial charge in [0.1, 0.15) is 0 Å². The molecule has 4 aliphatic rings. The molecule has 6 amide bonds. The van der Waals surface area contributed by atoms with Gasteiger partial charge in [0.05, 0.1) is 69.0 Å². The molecule has 14 nitrogen and oxygen atoms in total. The Morgan fingerprint density at radius 1 is 0.548 bits per heavy atom. The first-order valence-corrected chi connectivity index (χ1v) is 23.9. The summed E-state index contributed by atoms with van der Waals surface area (Å²) >= 11 is 0. The van der Waals surface area contributed by atoms with Crippen LogP contribution in [0.15, 0.2) is 120 Å². The van der Waals surface area contributed by atoms with E-state index in [1.807, 2.05) is 12.1 Å². The Balaban J connectivity index is 0.853.